The lowest BCUT2D eigenvalue weighted by atomic mass is 9.49. The summed E-state index contributed by atoms with van der Waals surface area (Å²) in [6, 6.07) is 9.24. The highest BCUT2D eigenvalue weighted by molar-refractivity contribution is 7.94. The van der Waals surface area contributed by atoms with E-state index in [0.29, 0.717) is 17.8 Å². The summed E-state index contributed by atoms with van der Waals surface area (Å²) in [4.78, 5) is 15.7. The first kappa shape index (κ1) is 16.5. The summed E-state index contributed by atoms with van der Waals surface area (Å²) in [6.45, 7) is 0. The van der Waals surface area contributed by atoms with E-state index in [-0.39, 0.29) is 23.1 Å². The van der Waals surface area contributed by atoms with Gasteiger partial charge in [0.1, 0.15) is 0 Å². The van der Waals surface area contributed by atoms with Gasteiger partial charge in [0.05, 0.1) is 17.2 Å². The van der Waals surface area contributed by atoms with Crippen LogP contribution in [0.3, 0.4) is 0 Å². The molecule has 5 heteroatoms. The average molecular weight is 372 g/mol. The van der Waals surface area contributed by atoms with Crippen LogP contribution >= 0.6 is 0 Å². The fourth-order valence-electron chi connectivity index (χ4n) is 6.40. The molecular formula is C21H25NO3S. The van der Waals surface area contributed by atoms with E-state index in [1.54, 1.807) is 11.0 Å². The van der Waals surface area contributed by atoms with Gasteiger partial charge in [0.25, 0.3) is 0 Å². The van der Waals surface area contributed by atoms with Crippen molar-refractivity contribution in [2.75, 3.05) is 10.7 Å². The van der Waals surface area contributed by atoms with Gasteiger partial charge in [0.2, 0.25) is 5.91 Å². The molecule has 4 saturated carbocycles. The number of para-hydroxylation sites is 1. The molecule has 1 atom stereocenters. The predicted molar refractivity (Wildman–Crippen MR) is 101 cm³/mol. The molecule has 0 radical (unpaired) electrons. The lowest BCUT2D eigenvalue weighted by molar-refractivity contribution is -0.143. The van der Waals surface area contributed by atoms with Crippen LogP contribution in [0.15, 0.2) is 41.8 Å². The van der Waals surface area contributed by atoms with Crippen molar-refractivity contribution in [1.82, 2.24) is 0 Å². The second-order valence-electron chi connectivity index (χ2n) is 8.93. The fraction of sp³-hybridized carbons (Fsp3) is 0.571. The molecule has 26 heavy (non-hydrogen) atoms. The van der Waals surface area contributed by atoms with Crippen LogP contribution in [0.5, 0.6) is 0 Å². The number of anilines is 1. The Kier molecular flexibility index (Phi) is 3.62. The highest BCUT2D eigenvalue weighted by Gasteiger charge is 2.56. The van der Waals surface area contributed by atoms with Crippen molar-refractivity contribution in [3.8, 4) is 0 Å². The molecule has 138 valence electrons. The van der Waals surface area contributed by atoms with Gasteiger partial charge in [-0.3, -0.25) is 4.79 Å². The van der Waals surface area contributed by atoms with Gasteiger partial charge >= 0.3 is 0 Å². The first-order chi connectivity index (χ1) is 12.4. The Morgan fingerprint density at radius 3 is 2.04 bits per heavy atom. The van der Waals surface area contributed by atoms with Crippen LogP contribution in [0, 0.1) is 23.2 Å². The largest absolute Gasteiger partial charge is 0.304 e. The molecule has 1 heterocycles. The summed E-state index contributed by atoms with van der Waals surface area (Å²) < 4.78 is 24.0. The van der Waals surface area contributed by atoms with E-state index in [1.165, 1.54) is 24.7 Å². The first-order valence-corrected chi connectivity index (χ1v) is 11.5. The summed E-state index contributed by atoms with van der Waals surface area (Å²) in [6.07, 6.45) is 8.53. The van der Waals surface area contributed by atoms with E-state index in [2.05, 4.69) is 0 Å². The van der Waals surface area contributed by atoms with Gasteiger partial charge in [-0.15, -0.1) is 0 Å². The molecule has 0 aromatic heterocycles. The zero-order chi connectivity index (χ0) is 17.9. The molecule has 6 rings (SSSR count). The SMILES string of the molecule is O=C(N(c1ccccc1)C1C=CS(=O)(=O)C1)C12CC3CC(CC(C3)C1)C2. The third kappa shape index (κ3) is 2.63. The Labute approximate surface area is 155 Å². The van der Waals surface area contributed by atoms with E-state index >= 15 is 0 Å². The molecule has 5 aliphatic rings. The van der Waals surface area contributed by atoms with Crippen molar-refractivity contribution >= 4 is 21.4 Å². The monoisotopic (exact) mass is 371 g/mol. The number of amides is 1. The minimum Gasteiger partial charge on any atom is -0.304 e. The van der Waals surface area contributed by atoms with Crippen LogP contribution in [0.4, 0.5) is 5.69 Å². The Morgan fingerprint density at radius 1 is 0.962 bits per heavy atom. The average Bonchev–Trinajstić information content (AvgIpc) is 2.94. The zero-order valence-electron chi connectivity index (χ0n) is 14.9. The second kappa shape index (κ2) is 5.69. The number of carbonyl (C=O) groups is 1. The van der Waals surface area contributed by atoms with Crippen LogP contribution in [0.25, 0.3) is 0 Å². The number of nitrogens with zero attached hydrogens (tertiary/aromatic N) is 1. The van der Waals surface area contributed by atoms with Gasteiger partial charge < -0.3 is 4.90 Å². The van der Waals surface area contributed by atoms with Crippen LogP contribution < -0.4 is 4.90 Å². The van der Waals surface area contributed by atoms with Crippen molar-refractivity contribution < 1.29 is 13.2 Å². The van der Waals surface area contributed by atoms with E-state index in [4.69, 9.17) is 0 Å². The lowest BCUT2D eigenvalue weighted by Gasteiger charge is -2.57. The highest BCUT2D eigenvalue weighted by atomic mass is 32.2. The van der Waals surface area contributed by atoms with Crippen molar-refractivity contribution in [3.05, 3.63) is 41.8 Å². The molecule has 1 amide bonds. The Balaban J connectivity index is 1.53. The van der Waals surface area contributed by atoms with E-state index in [1.807, 2.05) is 30.3 Å². The fourth-order valence-corrected chi connectivity index (χ4v) is 7.66. The van der Waals surface area contributed by atoms with Crippen molar-refractivity contribution in [1.29, 1.82) is 0 Å². The molecule has 0 N–H and O–H groups in total. The van der Waals surface area contributed by atoms with E-state index < -0.39 is 9.84 Å². The highest BCUT2D eigenvalue weighted by Crippen LogP contribution is 2.60. The summed E-state index contributed by atoms with van der Waals surface area (Å²) in [5, 5.41) is 1.28. The molecule has 0 spiro atoms. The van der Waals surface area contributed by atoms with E-state index in [9.17, 15) is 13.2 Å². The molecular weight excluding hydrogens is 346 g/mol. The third-order valence-corrected chi connectivity index (χ3v) is 8.37. The van der Waals surface area contributed by atoms with Crippen molar-refractivity contribution in [2.45, 2.75) is 44.6 Å². The molecule has 4 nitrogen and oxygen atoms in total. The summed E-state index contributed by atoms with van der Waals surface area (Å²) >= 11 is 0. The molecule has 1 aliphatic heterocycles. The Bertz CT molecular complexity index is 823. The zero-order valence-corrected chi connectivity index (χ0v) is 15.7. The third-order valence-electron chi connectivity index (χ3n) is 6.99. The van der Waals surface area contributed by atoms with Crippen LogP contribution in [0.1, 0.15) is 38.5 Å². The normalized spacial score (nSPS) is 39.2. The van der Waals surface area contributed by atoms with Gasteiger partial charge in [-0.05, 0) is 74.5 Å². The summed E-state index contributed by atoms with van der Waals surface area (Å²) in [5.41, 5.74) is 0.546. The van der Waals surface area contributed by atoms with Crippen molar-refractivity contribution in [2.24, 2.45) is 23.2 Å². The Morgan fingerprint density at radius 2 is 1.54 bits per heavy atom. The first-order valence-electron chi connectivity index (χ1n) is 9.74. The maximum Gasteiger partial charge on any atom is 0.233 e. The standard InChI is InChI=1S/C21H25NO3S/c23-20(21-11-15-8-16(12-21)10-17(9-15)13-21)22(18-4-2-1-3-5-18)19-6-7-26(24,25)14-19/h1-7,15-17,19H,8-14H2. The van der Waals surface area contributed by atoms with Gasteiger partial charge in [-0.25, -0.2) is 8.42 Å². The number of carbonyl (C=O) groups excluding carboxylic acids is 1. The maximum atomic E-state index is 13.9. The number of rotatable bonds is 3. The van der Waals surface area contributed by atoms with Gasteiger partial charge in [-0.1, -0.05) is 18.2 Å². The van der Waals surface area contributed by atoms with Gasteiger partial charge in [-0.2, -0.15) is 0 Å². The quantitative estimate of drug-likeness (QED) is 0.816. The second-order valence-corrected chi connectivity index (χ2v) is 10.9. The lowest BCUT2D eigenvalue weighted by Crippen LogP contribution is -2.57. The molecule has 1 aromatic carbocycles. The smallest absolute Gasteiger partial charge is 0.233 e. The minimum absolute atomic E-state index is 0.000000000000000444. The van der Waals surface area contributed by atoms with E-state index in [0.717, 1.165) is 24.9 Å². The topological polar surface area (TPSA) is 54.5 Å². The number of hydrogen-bond acceptors (Lipinski definition) is 3. The number of sulfone groups is 1. The summed E-state index contributed by atoms with van der Waals surface area (Å²) in [7, 11) is -3.21. The molecule has 4 fully saturated rings. The maximum absolute atomic E-state index is 13.9. The Hall–Kier alpha value is -1.62. The number of benzene rings is 1. The van der Waals surface area contributed by atoms with Crippen molar-refractivity contribution in [3.63, 3.8) is 0 Å². The van der Waals surface area contributed by atoms with Crippen LogP contribution in [-0.2, 0) is 14.6 Å². The molecule has 1 unspecified atom stereocenters. The number of hydrogen-bond donors (Lipinski definition) is 0. The summed E-state index contributed by atoms with van der Waals surface area (Å²) in [5.74, 6) is 2.22. The molecule has 4 aliphatic carbocycles. The van der Waals surface area contributed by atoms with Gasteiger partial charge in [0, 0.05) is 11.1 Å². The molecule has 1 aromatic rings. The van der Waals surface area contributed by atoms with Gasteiger partial charge in [0.15, 0.2) is 9.84 Å². The molecule has 0 saturated heterocycles. The van der Waals surface area contributed by atoms with Crippen LogP contribution in [0.2, 0.25) is 0 Å². The van der Waals surface area contributed by atoms with Crippen LogP contribution in [-0.4, -0.2) is 26.1 Å². The predicted octanol–water partition coefficient (Wildman–Crippen LogP) is 3.55. The molecule has 4 bridgehead atoms. The minimum atomic E-state index is -3.21.